The first-order chi connectivity index (χ1) is 13.1. The Kier molecular flexibility index (Phi) is 7.19. The lowest BCUT2D eigenvalue weighted by Crippen LogP contribution is -2.35. The summed E-state index contributed by atoms with van der Waals surface area (Å²) in [6, 6.07) is 20.7. The zero-order valence-corrected chi connectivity index (χ0v) is 17.4. The molecule has 1 fully saturated rings. The van der Waals surface area contributed by atoms with E-state index in [9.17, 15) is 4.79 Å². The van der Waals surface area contributed by atoms with Crippen molar-refractivity contribution < 1.29 is 4.79 Å². The highest BCUT2D eigenvalue weighted by Crippen LogP contribution is 2.25. The SMILES string of the molecule is C/C(Br)=C(\C=C\C(=O)C1CCN(Cc2ccccc2)CC1)c1ccccc1. The molecule has 0 radical (unpaired) electrons. The van der Waals surface area contributed by atoms with Gasteiger partial charge in [-0.05, 0) is 60.1 Å². The van der Waals surface area contributed by atoms with Crippen LogP contribution in [0.3, 0.4) is 0 Å². The fourth-order valence-electron chi connectivity index (χ4n) is 3.55. The van der Waals surface area contributed by atoms with Crippen molar-refractivity contribution in [1.29, 1.82) is 0 Å². The van der Waals surface area contributed by atoms with Crippen LogP contribution in [0.5, 0.6) is 0 Å². The van der Waals surface area contributed by atoms with Crippen LogP contribution in [0.4, 0.5) is 0 Å². The molecule has 2 nitrogen and oxygen atoms in total. The lowest BCUT2D eigenvalue weighted by molar-refractivity contribution is -0.119. The van der Waals surface area contributed by atoms with Crippen molar-refractivity contribution in [2.45, 2.75) is 26.3 Å². The molecule has 1 heterocycles. The number of piperidine rings is 1. The van der Waals surface area contributed by atoms with Crippen LogP contribution in [-0.2, 0) is 11.3 Å². The summed E-state index contributed by atoms with van der Waals surface area (Å²) in [6.07, 6.45) is 5.60. The third-order valence-corrected chi connectivity index (χ3v) is 5.54. The number of allylic oxidation sites excluding steroid dienone is 4. The van der Waals surface area contributed by atoms with Gasteiger partial charge < -0.3 is 0 Å². The topological polar surface area (TPSA) is 20.3 Å². The number of ketones is 1. The maximum absolute atomic E-state index is 12.7. The normalized spacial score (nSPS) is 17.1. The van der Waals surface area contributed by atoms with E-state index in [0.717, 1.165) is 48.1 Å². The smallest absolute Gasteiger partial charge is 0.158 e. The Morgan fingerprint density at radius 3 is 2.19 bits per heavy atom. The number of likely N-dealkylation sites (tertiary alicyclic amines) is 1. The fourth-order valence-corrected chi connectivity index (χ4v) is 3.91. The first-order valence-corrected chi connectivity index (χ1v) is 10.3. The summed E-state index contributed by atoms with van der Waals surface area (Å²) in [5.41, 5.74) is 3.52. The molecular formula is C24H26BrNO. The van der Waals surface area contributed by atoms with Gasteiger partial charge in [0.2, 0.25) is 0 Å². The molecule has 140 valence electrons. The molecule has 3 heteroatoms. The second-order valence-corrected chi connectivity index (χ2v) is 8.27. The predicted octanol–water partition coefficient (Wildman–Crippen LogP) is 5.85. The summed E-state index contributed by atoms with van der Waals surface area (Å²) in [4.78, 5) is 15.1. The molecule has 0 aliphatic carbocycles. The Bertz CT molecular complexity index is 799. The molecule has 3 rings (SSSR count). The molecule has 2 aromatic rings. The van der Waals surface area contributed by atoms with Gasteiger partial charge in [0.25, 0.3) is 0 Å². The molecule has 1 saturated heterocycles. The van der Waals surface area contributed by atoms with Crippen molar-refractivity contribution in [3.63, 3.8) is 0 Å². The van der Waals surface area contributed by atoms with Gasteiger partial charge in [0.1, 0.15) is 0 Å². The molecule has 27 heavy (non-hydrogen) atoms. The second kappa shape index (κ2) is 9.82. The third-order valence-electron chi connectivity index (χ3n) is 5.11. The largest absolute Gasteiger partial charge is 0.299 e. The van der Waals surface area contributed by atoms with E-state index < -0.39 is 0 Å². The highest BCUT2D eigenvalue weighted by molar-refractivity contribution is 9.11. The Morgan fingerprint density at radius 2 is 1.59 bits per heavy atom. The Balaban J connectivity index is 1.56. The first-order valence-electron chi connectivity index (χ1n) is 9.53. The van der Waals surface area contributed by atoms with Gasteiger partial charge in [-0.15, -0.1) is 0 Å². The predicted molar refractivity (Wildman–Crippen MR) is 117 cm³/mol. The minimum atomic E-state index is 0.140. The van der Waals surface area contributed by atoms with Crippen LogP contribution in [-0.4, -0.2) is 23.8 Å². The van der Waals surface area contributed by atoms with Crippen LogP contribution >= 0.6 is 15.9 Å². The Morgan fingerprint density at radius 1 is 1.00 bits per heavy atom. The monoisotopic (exact) mass is 423 g/mol. The highest BCUT2D eigenvalue weighted by Gasteiger charge is 2.23. The maximum Gasteiger partial charge on any atom is 0.158 e. The minimum Gasteiger partial charge on any atom is -0.299 e. The molecule has 0 aromatic heterocycles. The van der Waals surface area contributed by atoms with Gasteiger partial charge in [0.05, 0.1) is 0 Å². The van der Waals surface area contributed by atoms with Gasteiger partial charge in [0.15, 0.2) is 5.78 Å². The number of carbonyl (C=O) groups is 1. The van der Waals surface area contributed by atoms with E-state index in [2.05, 4.69) is 57.2 Å². The zero-order chi connectivity index (χ0) is 19.1. The standard InChI is InChI=1S/C24H26BrNO/c1-19(25)23(21-10-6-3-7-11-21)12-13-24(27)22-14-16-26(17-15-22)18-20-8-4-2-5-9-20/h2-13,22H,14-18H2,1H3/b13-12+,23-19-. The van der Waals surface area contributed by atoms with E-state index in [0.29, 0.717) is 0 Å². The van der Waals surface area contributed by atoms with Crippen molar-refractivity contribution in [2.24, 2.45) is 5.92 Å². The second-order valence-electron chi connectivity index (χ2n) is 7.08. The summed E-state index contributed by atoms with van der Waals surface area (Å²) in [6.45, 7) is 4.95. The summed E-state index contributed by atoms with van der Waals surface area (Å²) in [5.74, 6) is 0.387. The van der Waals surface area contributed by atoms with E-state index in [1.165, 1.54) is 5.56 Å². The van der Waals surface area contributed by atoms with Crippen LogP contribution in [0.2, 0.25) is 0 Å². The third kappa shape index (κ3) is 5.75. The average Bonchev–Trinajstić information content (AvgIpc) is 2.70. The van der Waals surface area contributed by atoms with E-state index in [1.54, 1.807) is 6.08 Å². The number of halogens is 1. The van der Waals surface area contributed by atoms with Crippen molar-refractivity contribution >= 4 is 27.3 Å². The molecule has 0 atom stereocenters. The van der Waals surface area contributed by atoms with E-state index in [-0.39, 0.29) is 11.7 Å². The van der Waals surface area contributed by atoms with Crippen LogP contribution in [0, 0.1) is 5.92 Å². The van der Waals surface area contributed by atoms with E-state index in [1.807, 2.05) is 37.3 Å². The number of hydrogen-bond acceptors (Lipinski definition) is 2. The summed E-state index contributed by atoms with van der Waals surface area (Å²) < 4.78 is 1.04. The lowest BCUT2D eigenvalue weighted by atomic mass is 9.91. The molecule has 1 aliphatic rings. The molecule has 0 bridgehead atoms. The van der Waals surface area contributed by atoms with Crippen molar-refractivity contribution in [3.05, 3.63) is 88.4 Å². The number of carbonyl (C=O) groups excluding carboxylic acids is 1. The molecule has 1 aliphatic heterocycles. The Hall–Kier alpha value is -1.97. The number of nitrogens with zero attached hydrogens (tertiary/aromatic N) is 1. The lowest BCUT2D eigenvalue weighted by Gasteiger charge is -2.30. The zero-order valence-electron chi connectivity index (χ0n) is 15.8. The molecule has 0 saturated carbocycles. The Labute approximate surface area is 170 Å². The molecule has 0 N–H and O–H groups in total. The maximum atomic E-state index is 12.7. The van der Waals surface area contributed by atoms with Gasteiger partial charge in [-0.2, -0.15) is 0 Å². The summed E-state index contributed by atoms with van der Waals surface area (Å²) >= 11 is 3.57. The fraction of sp³-hybridized carbons (Fsp3) is 0.292. The van der Waals surface area contributed by atoms with E-state index in [4.69, 9.17) is 0 Å². The van der Waals surface area contributed by atoms with Gasteiger partial charge >= 0.3 is 0 Å². The van der Waals surface area contributed by atoms with Crippen LogP contribution in [0.1, 0.15) is 30.9 Å². The van der Waals surface area contributed by atoms with Crippen LogP contribution < -0.4 is 0 Å². The van der Waals surface area contributed by atoms with Crippen LogP contribution in [0.25, 0.3) is 5.57 Å². The number of rotatable bonds is 6. The number of hydrogen-bond donors (Lipinski definition) is 0. The molecule has 2 aromatic carbocycles. The van der Waals surface area contributed by atoms with Gasteiger partial charge in [0, 0.05) is 12.5 Å². The van der Waals surface area contributed by atoms with Crippen molar-refractivity contribution in [1.82, 2.24) is 4.90 Å². The minimum absolute atomic E-state index is 0.140. The molecular weight excluding hydrogens is 398 g/mol. The van der Waals surface area contributed by atoms with Gasteiger partial charge in [-0.25, -0.2) is 0 Å². The highest BCUT2D eigenvalue weighted by atomic mass is 79.9. The van der Waals surface area contributed by atoms with Crippen LogP contribution in [0.15, 0.2) is 77.3 Å². The number of benzene rings is 2. The quantitative estimate of drug-likeness (QED) is 0.428. The molecule has 0 spiro atoms. The first kappa shape index (κ1) is 19.8. The molecule has 0 unspecified atom stereocenters. The average molecular weight is 424 g/mol. The van der Waals surface area contributed by atoms with Gasteiger partial charge in [-0.3, -0.25) is 9.69 Å². The summed E-state index contributed by atoms with van der Waals surface area (Å²) in [7, 11) is 0. The van der Waals surface area contributed by atoms with E-state index >= 15 is 0 Å². The molecule has 0 amide bonds. The van der Waals surface area contributed by atoms with Gasteiger partial charge in [-0.1, -0.05) is 82.7 Å². The van der Waals surface area contributed by atoms with Crippen molar-refractivity contribution in [2.75, 3.05) is 13.1 Å². The summed E-state index contributed by atoms with van der Waals surface area (Å²) in [5, 5.41) is 0. The van der Waals surface area contributed by atoms with Crippen molar-refractivity contribution in [3.8, 4) is 0 Å².